The van der Waals surface area contributed by atoms with Gasteiger partial charge in [0.1, 0.15) is 18.2 Å². The van der Waals surface area contributed by atoms with Crippen molar-refractivity contribution in [2.75, 3.05) is 7.11 Å². The Balaban J connectivity index is 0.000000303. The number of imide groups is 1. The number of ether oxygens (including phenoxy) is 3. The molecule has 74 heavy (non-hydrogen) atoms. The van der Waals surface area contributed by atoms with Crippen LogP contribution < -0.4 is 56.6 Å². The summed E-state index contributed by atoms with van der Waals surface area (Å²) in [5, 5.41) is 8.39. The van der Waals surface area contributed by atoms with Gasteiger partial charge in [-0.25, -0.2) is 14.4 Å². The van der Waals surface area contributed by atoms with Crippen LogP contribution in [-0.4, -0.2) is 41.8 Å². The third kappa shape index (κ3) is 19.6. The van der Waals surface area contributed by atoms with Crippen molar-refractivity contribution in [2.45, 2.75) is 51.9 Å². The van der Waals surface area contributed by atoms with E-state index < -0.39 is 45.6 Å². The fourth-order valence-corrected chi connectivity index (χ4v) is 12.0. The molecule has 0 unspecified atom stereocenters. The molecule has 8 rings (SSSR count). The van der Waals surface area contributed by atoms with Crippen LogP contribution in [0.5, 0.6) is 0 Å². The first kappa shape index (κ1) is 62.1. The van der Waals surface area contributed by atoms with Crippen molar-refractivity contribution in [1.82, 2.24) is 4.90 Å². The summed E-state index contributed by atoms with van der Waals surface area (Å²) in [7, 11) is 0.308. The third-order valence-electron chi connectivity index (χ3n) is 10.7. The number of hydrogen-bond acceptors (Lipinski definition) is 6. The van der Waals surface area contributed by atoms with E-state index in [1.165, 1.54) is 38.9 Å². The molecule has 0 aromatic heterocycles. The zero-order valence-electron chi connectivity index (χ0n) is 41.9. The Morgan fingerprint density at radius 1 is 0.486 bits per heavy atom. The monoisotopic (exact) mass is 1150 g/mol. The largest absolute Gasteiger partial charge is 2.00 e. The number of carbonyl (C=O) groups is 3. The standard InChI is InChI=1S/C26H31NO6.2C18H15P.2ClH.Pd/c1-6-10-19-13-15-20(16-14-19)17-22(23(28)31-5)27(25(30)33-26(2,3)4)24(29)32-18-21-11-8-7-9-12-21;2*1-4-10-16(11-5-1)19(17-12-6-2-7-13-17)18-14-8-3-9-15-18;;;/h6-9,11-16,22H,1,10,17-18H2,2-5H3;2*1-15H;2*1H;/q;;;;;+2/p-2/t22-;;;;;/m0...../s1. The molecule has 0 saturated heterocycles. The van der Waals surface area contributed by atoms with E-state index >= 15 is 0 Å². The smallest absolute Gasteiger partial charge is 1.00 e. The minimum absolute atomic E-state index is 0. The van der Waals surface area contributed by atoms with Gasteiger partial charge < -0.3 is 39.0 Å². The number of rotatable bonds is 14. The van der Waals surface area contributed by atoms with E-state index in [0.717, 1.165) is 16.7 Å². The van der Waals surface area contributed by atoms with E-state index in [1.54, 1.807) is 39.0 Å². The molecule has 384 valence electrons. The Kier molecular flexibility index (Phi) is 27.6. The summed E-state index contributed by atoms with van der Waals surface area (Å²) in [5.74, 6) is -0.757. The number of hydrogen-bond donors (Lipinski definition) is 0. The van der Waals surface area contributed by atoms with E-state index in [4.69, 9.17) is 14.2 Å². The number of benzene rings is 8. The average Bonchev–Trinajstić information content (AvgIpc) is 3.40. The zero-order valence-corrected chi connectivity index (χ0v) is 46.7. The Hall–Kier alpha value is -6.19. The first-order valence-electron chi connectivity index (χ1n) is 23.4. The Morgan fingerprint density at radius 3 is 1.09 bits per heavy atom. The summed E-state index contributed by atoms with van der Waals surface area (Å²) in [6, 6.07) is 79.9. The van der Waals surface area contributed by atoms with Crippen molar-refractivity contribution in [3.63, 3.8) is 0 Å². The van der Waals surface area contributed by atoms with Gasteiger partial charge in [0.05, 0.1) is 7.11 Å². The number of allylic oxidation sites excluding steroid dienone is 1. The van der Waals surface area contributed by atoms with E-state index in [-0.39, 0.29) is 58.3 Å². The molecule has 8 aromatic rings. The Morgan fingerprint density at radius 2 is 0.797 bits per heavy atom. The molecule has 1 atom stereocenters. The van der Waals surface area contributed by atoms with E-state index in [1.807, 2.05) is 42.5 Å². The van der Waals surface area contributed by atoms with Gasteiger partial charge in [-0.05, 0) is 91.6 Å². The van der Waals surface area contributed by atoms with Gasteiger partial charge in [0.25, 0.3) is 0 Å². The fourth-order valence-electron chi connectivity index (χ4n) is 7.40. The van der Waals surface area contributed by atoms with Gasteiger partial charge in [-0.3, -0.25) is 0 Å². The van der Waals surface area contributed by atoms with Crippen LogP contribution >= 0.6 is 15.8 Å². The molecule has 0 aliphatic carbocycles. The summed E-state index contributed by atoms with van der Waals surface area (Å²) in [6.45, 7) is 8.67. The molecule has 0 fully saturated rings. The number of methoxy groups -OCH3 is 1. The maximum atomic E-state index is 13.0. The number of nitrogens with zero attached hydrogens (tertiary/aromatic N) is 1. The average molecular weight is 1160 g/mol. The first-order chi connectivity index (χ1) is 34.5. The van der Waals surface area contributed by atoms with Gasteiger partial charge in [-0.2, -0.15) is 4.90 Å². The molecule has 0 N–H and O–H groups in total. The topological polar surface area (TPSA) is 82.1 Å². The normalized spacial score (nSPS) is 10.7. The summed E-state index contributed by atoms with van der Waals surface area (Å²) in [5.41, 5.74) is 1.64. The van der Waals surface area contributed by atoms with Crippen molar-refractivity contribution in [3.05, 3.63) is 266 Å². The molecule has 0 heterocycles. The van der Waals surface area contributed by atoms with Gasteiger partial charge in [0, 0.05) is 6.42 Å². The van der Waals surface area contributed by atoms with Crippen molar-refractivity contribution in [2.24, 2.45) is 0 Å². The summed E-state index contributed by atoms with van der Waals surface area (Å²) in [6.07, 6.45) is 0.558. The molecule has 7 nitrogen and oxygen atoms in total. The van der Waals surface area contributed by atoms with E-state index in [0.29, 0.717) is 11.3 Å². The molecular formula is C62H61Cl2NO6P2Pd. The molecule has 12 heteroatoms. The number of esters is 1. The summed E-state index contributed by atoms with van der Waals surface area (Å²) < 4.78 is 15.7. The van der Waals surface area contributed by atoms with Crippen molar-refractivity contribution >= 4 is 65.8 Å². The second-order valence-corrected chi connectivity index (χ2v) is 21.6. The van der Waals surface area contributed by atoms with Crippen LogP contribution in [0.1, 0.15) is 37.5 Å². The molecule has 8 aromatic carbocycles. The zero-order chi connectivity index (χ0) is 50.3. The van der Waals surface area contributed by atoms with Crippen LogP contribution in [-0.2, 0) is 58.9 Å². The van der Waals surface area contributed by atoms with E-state index in [9.17, 15) is 14.4 Å². The SMILES string of the molecule is C=CCc1ccc(C[C@@H](C(=O)OC)N(C(=O)OCc2ccccc2)C(=O)OC(C)(C)C)cc1.[Cl-].[Cl-].[Pd+2].c1ccc(P(c2ccccc2)c2ccccc2)cc1.c1ccc(P(c2ccccc2)c2ccccc2)cc1. The number of halogens is 2. The predicted molar refractivity (Wildman–Crippen MR) is 295 cm³/mol. The summed E-state index contributed by atoms with van der Waals surface area (Å²) in [4.78, 5) is 39.4. The van der Waals surface area contributed by atoms with Gasteiger partial charge in [-0.1, -0.05) is 243 Å². The Bertz CT molecular complexity index is 2530. The van der Waals surface area contributed by atoms with Crippen molar-refractivity contribution in [1.29, 1.82) is 0 Å². The molecule has 2 amide bonds. The molecule has 0 radical (unpaired) electrons. The molecule has 0 aliphatic rings. The first-order valence-corrected chi connectivity index (χ1v) is 26.1. The van der Waals surface area contributed by atoms with Crippen molar-refractivity contribution in [3.8, 4) is 0 Å². The number of carbonyl (C=O) groups excluding carboxylic acids is 3. The van der Waals surface area contributed by atoms with Gasteiger partial charge >= 0.3 is 38.6 Å². The molecule has 0 aliphatic heterocycles. The van der Waals surface area contributed by atoms with Crippen LogP contribution in [0, 0.1) is 0 Å². The third-order valence-corrected chi connectivity index (χ3v) is 15.6. The predicted octanol–water partition coefficient (Wildman–Crippen LogP) is 5.97. The molecule has 0 saturated carbocycles. The molecule has 0 spiro atoms. The quantitative estimate of drug-likeness (QED) is 0.0440. The van der Waals surface area contributed by atoms with Crippen molar-refractivity contribution < 1.29 is 73.8 Å². The fraction of sp³-hybridized carbons (Fsp3) is 0.145. The van der Waals surface area contributed by atoms with Crippen LogP contribution in [0.2, 0.25) is 0 Å². The van der Waals surface area contributed by atoms with Crippen LogP contribution in [0.4, 0.5) is 9.59 Å². The second-order valence-electron chi connectivity index (χ2n) is 17.1. The minimum atomic E-state index is -1.27. The van der Waals surface area contributed by atoms with Crippen LogP contribution in [0.3, 0.4) is 0 Å². The Labute approximate surface area is 466 Å². The van der Waals surface area contributed by atoms with E-state index in [2.05, 4.69) is 189 Å². The maximum absolute atomic E-state index is 13.0. The van der Waals surface area contributed by atoms with Gasteiger partial charge in [0.15, 0.2) is 0 Å². The van der Waals surface area contributed by atoms with Crippen LogP contribution in [0.25, 0.3) is 0 Å². The second kappa shape index (κ2) is 32.9. The van der Waals surface area contributed by atoms with Gasteiger partial charge in [-0.15, -0.1) is 6.58 Å². The molecular weight excluding hydrogens is 1090 g/mol. The number of amides is 2. The van der Waals surface area contributed by atoms with Crippen LogP contribution in [0.15, 0.2) is 249 Å². The van der Waals surface area contributed by atoms with Gasteiger partial charge in [0.2, 0.25) is 0 Å². The molecule has 0 bridgehead atoms. The minimum Gasteiger partial charge on any atom is -1.00 e. The summed E-state index contributed by atoms with van der Waals surface area (Å²) >= 11 is 0. The maximum Gasteiger partial charge on any atom is 2.00 e.